The van der Waals surface area contributed by atoms with Gasteiger partial charge >= 0.3 is 0 Å². The average molecular weight is 441 g/mol. The van der Waals surface area contributed by atoms with E-state index < -0.39 is 6.04 Å². The average Bonchev–Trinajstić information content (AvgIpc) is 2.77. The van der Waals surface area contributed by atoms with Crippen LogP contribution < -0.4 is 5.32 Å². The van der Waals surface area contributed by atoms with Crippen molar-refractivity contribution in [2.75, 3.05) is 18.8 Å². The molecule has 31 heavy (non-hydrogen) atoms. The van der Waals surface area contributed by atoms with Crippen LogP contribution in [0, 0.1) is 12.8 Å². The largest absolute Gasteiger partial charge is 0.354 e. The standard InChI is InChI=1S/C26H36N2O2S/c1-5-24(26(30)27-19-20(2)3)28(17-15-22-9-7-6-8-10-22)25(29)16-18-31-23-13-11-21(4)12-14-23/h6-14,20,24H,5,15-19H2,1-4H3,(H,27,30). The van der Waals surface area contributed by atoms with Gasteiger partial charge in [-0.2, -0.15) is 0 Å². The predicted molar refractivity (Wildman–Crippen MR) is 130 cm³/mol. The highest BCUT2D eigenvalue weighted by molar-refractivity contribution is 7.99. The first-order valence-corrected chi connectivity index (χ1v) is 12.2. The fourth-order valence-corrected chi connectivity index (χ4v) is 4.19. The second kappa shape index (κ2) is 13.2. The maximum absolute atomic E-state index is 13.2. The summed E-state index contributed by atoms with van der Waals surface area (Å²) in [7, 11) is 0. The van der Waals surface area contributed by atoms with Crippen LogP contribution >= 0.6 is 11.8 Å². The smallest absolute Gasteiger partial charge is 0.242 e. The quantitative estimate of drug-likeness (QED) is 0.467. The van der Waals surface area contributed by atoms with E-state index in [9.17, 15) is 9.59 Å². The lowest BCUT2D eigenvalue weighted by atomic mass is 10.1. The third-order valence-corrected chi connectivity index (χ3v) is 6.17. The number of benzene rings is 2. The van der Waals surface area contributed by atoms with Crippen LogP contribution in [0.3, 0.4) is 0 Å². The molecule has 0 bridgehead atoms. The molecule has 0 saturated carbocycles. The Morgan fingerprint density at radius 1 is 1.03 bits per heavy atom. The SMILES string of the molecule is CCC(C(=O)NCC(C)C)N(CCc1ccccc1)C(=O)CCSc1ccc(C)cc1. The van der Waals surface area contributed by atoms with Crippen molar-refractivity contribution in [2.45, 2.75) is 57.9 Å². The molecule has 5 heteroatoms. The van der Waals surface area contributed by atoms with Crippen molar-refractivity contribution in [3.8, 4) is 0 Å². The Bertz CT molecular complexity index is 806. The zero-order valence-electron chi connectivity index (χ0n) is 19.3. The minimum Gasteiger partial charge on any atom is -0.354 e. The fraction of sp³-hybridized carbons (Fsp3) is 0.462. The van der Waals surface area contributed by atoms with E-state index in [1.807, 2.05) is 25.1 Å². The number of amides is 2. The Kier molecular flexibility index (Phi) is 10.6. The number of hydrogen-bond donors (Lipinski definition) is 1. The summed E-state index contributed by atoms with van der Waals surface area (Å²) < 4.78 is 0. The Morgan fingerprint density at radius 2 is 1.71 bits per heavy atom. The molecule has 0 radical (unpaired) electrons. The summed E-state index contributed by atoms with van der Waals surface area (Å²) in [6.45, 7) is 9.36. The van der Waals surface area contributed by atoms with Crippen molar-refractivity contribution in [1.29, 1.82) is 0 Å². The van der Waals surface area contributed by atoms with Crippen LogP contribution in [0.2, 0.25) is 0 Å². The third kappa shape index (κ3) is 8.78. The molecule has 0 spiro atoms. The Labute approximate surface area is 191 Å². The van der Waals surface area contributed by atoms with Gasteiger partial charge in [-0.25, -0.2) is 0 Å². The van der Waals surface area contributed by atoms with Crippen LogP contribution in [0.1, 0.15) is 44.7 Å². The summed E-state index contributed by atoms with van der Waals surface area (Å²) in [6, 6.07) is 18.1. The Morgan fingerprint density at radius 3 is 2.32 bits per heavy atom. The zero-order valence-corrected chi connectivity index (χ0v) is 20.1. The van der Waals surface area contributed by atoms with Gasteiger partial charge in [-0.1, -0.05) is 68.8 Å². The molecule has 2 aromatic rings. The normalized spacial score (nSPS) is 11.9. The Hall–Kier alpha value is -2.27. The molecule has 1 unspecified atom stereocenters. The second-order valence-electron chi connectivity index (χ2n) is 8.30. The third-order valence-electron chi connectivity index (χ3n) is 5.16. The van der Waals surface area contributed by atoms with Gasteiger partial charge in [0.1, 0.15) is 6.04 Å². The maximum Gasteiger partial charge on any atom is 0.242 e. The topological polar surface area (TPSA) is 49.4 Å². The molecule has 2 rings (SSSR count). The number of hydrogen-bond acceptors (Lipinski definition) is 3. The van der Waals surface area contributed by atoms with E-state index >= 15 is 0 Å². The summed E-state index contributed by atoms with van der Waals surface area (Å²) >= 11 is 1.68. The highest BCUT2D eigenvalue weighted by Gasteiger charge is 2.27. The molecular formula is C26H36N2O2S. The first kappa shape index (κ1) is 25.0. The lowest BCUT2D eigenvalue weighted by molar-refractivity contribution is -0.140. The first-order chi connectivity index (χ1) is 14.9. The molecule has 0 fully saturated rings. The zero-order chi connectivity index (χ0) is 22.6. The van der Waals surface area contributed by atoms with Crippen LogP contribution in [-0.4, -0.2) is 41.6 Å². The molecule has 0 saturated heterocycles. The van der Waals surface area contributed by atoms with E-state index in [-0.39, 0.29) is 11.8 Å². The van der Waals surface area contributed by atoms with Crippen molar-refractivity contribution in [2.24, 2.45) is 5.92 Å². The molecule has 0 aliphatic heterocycles. The number of carbonyl (C=O) groups excluding carboxylic acids is 2. The van der Waals surface area contributed by atoms with Gasteiger partial charge in [0.15, 0.2) is 0 Å². The number of rotatable bonds is 12. The fourth-order valence-electron chi connectivity index (χ4n) is 3.35. The molecule has 168 valence electrons. The van der Waals surface area contributed by atoms with Crippen molar-refractivity contribution in [3.05, 3.63) is 65.7 Å². The van der Waals surface area contributed by atoms with Gasteiger partial charge in [-0.3, -0.25) is 9.59 Å². The summed E-state index contributed by atoms with van der Waals surface area (Å²) in [4.78, 5) is 29.0. The molecule has 0 aromatic heterocycles. The number of aryl methyl sites for hydroxylation is 1. The highest BCUT2D eigenvalue weighted by atomic mass is 32.2. The molecule has 2 amide bonds. The van der Waals surface area contributed by atoms with E-state index in [1.54, 1.807) is 16.7 Å². The van der Waals surface area contributed by atoms with E-state index in [1.165, 1.54) is 11.1 Å². The van der Waals surface area contributed by atoms with E-state index in [0.717, 1.165) is 11.3 Å². The van der Waals surface area contributed by atoms with Crippen LogP contribution in [0.25, 0.3) is 0 Å². The molecule has 0 aliphatic carbocycles. The molecular weight excluding hydrogens is 404 g/mol. The van der Waals surface area contributed by atoms with Crippen LogP contribution in [-0.2, 0) is 16.0 Å². The highest BCUT2D eigenvalue weighted by Crippen LogP contribution is 2.20. The van der Waals surface area contributed by atoms with Crippen molar-refractivity contribution in [3.63, 3.8) is 0 Å². The predicted octanol–water partition coefficient (Wildman–Crippen LogP) is 5.10. The van der Waals surface area contributed by atoms with Gasteiger partial charge < -0.3 is 10.2 Å². The van der Waals surface area contributed by atoms with Crippen molar-refractivity contribution >= 4 is 23.6 Å². The lowest BCUT2D eigenvalue weighted by Crippen LogP contribution is -2.50. The van der Waals surface area contributed by atoms with Crippen molar-refractivity contribution < 1.29 is 9.59 Å². The van der Waals surface area contributed by atoms with Gasteiger partial charge in [-0.05, 0) is 43.4 Å². The molecule has 0 heterocycles. The van der Waals surface area contributed by atoms with Gasteiger partial charge in [0.05, 0.1) is 0 Å². The Balaban J connectivity index is 2.03. The van der Waals surface area contributed by atoms with E-state index in [2.05, 4.69) is 62.5 Å². The second-order valence-corrected chi connectivity index (χ2v) is 9.47. The summed E-state index contributed by atoms with van der Waals surface area (Å²) in [5.41, 5.74) is 2.40. The molecule has 0 aliphatic rings. The molecule has 2 aromatic carbocycles. The summed E-state index contributed by atoms with van der Waals surface area (Å²) in [5.74, 6) is 1.07. The molecule has 1 N–H and O–H groups in total. The van der Waals surface area contributed by atoms with E-state index in [4.69, 9.17) is 0 Å². The van der Waals surface area contributed by atoms with Crippen molar-refractivity contribution in [1.82, 2.24) is 10.2 Å². The van der Waals surface area contributed by atoms with Gasteiger partial charge in [0, 0.05) is 30.2 Å². The monoisotopic (exact) mass is 440 g/mol. The summed E-state index contributed by atoms with van der Waals surface area (Å²) in [6.07, 6.45) is 1.77. The van der Waals surface area contributed by atoms with Gasteiger partial charge in [-0.15, -0.1) is 11.8 Å². The number of thioether (sulfide) groups is 1. The summed E-state index contributed by atoms with van der Waals surface area (Å²) in [5, 5.41) is 3.02. The van der Waals surface area contributed by atoms with E-state index in [0.29, 0.717) is 37.6 Å². The maximum atomic E-state index is 13.2. The molecule has 4 nitrogen and oxygen atoms in total. The van der Waals surface area contributed by atoms with Crippen LogP contribution in [0.15, 0.2) is 59.5 Å². The lowest BCUT2D eigenvalue weighted by Gasteiger charge is -2.31. The number of nitrogens with zero attached hydrogens (tertiary/aromatic N) is 1. The number of carbonyl (C=O) groups is 2. The van der Waals surface area contributed by atoms with Crippen LogP contribution in [0.4, 0.5) is 0 Å². The minimum absolute atomic E-state index is 0.0436. The minimum atomic E-state index is -0.431. The van der Waals surface area contributed by atoms with Gasteiger partial charge in [0.2, 0.25) is 11.8 Å². The first-order valence-electron chi connectivity index (χ1n) is 11.2. The number of nitrogens with one attached hydrogen (secondary N) is 1. The van der Waals surface area contributed by atoms with Crippen LogP contribution in [0.5, 0.6) is 0 Å². The van der Waals surface area contributed by atoms with Gasteiger partial charge in [0.25, 0.3) is 0 Å². The molecule has 1 atom stereocenters.